The highest BCUT2D eigenvalue weighted by molar-refractivity contribution is 5.97. The monoisotopic (exact) mass is 410 g/mol. The molecule has 0 saturated heterocycles. The highest BCUT2D eigenvalue weighted by Gasteiger charge is 2.35. The number of para-hydroxylation sites is 1. The minimum absolute atomic E-state index is 0.200. The van der Waals surface area contributed by atoms with Crippen molar-refractivity contribution in [2.75, 3.05) is 18.0 Å². The average Bonchev–Trinajstić information content (AvgIpc) is 3.62. The summed E-state index contributed by atoms with van der Waals surface area (Å²) in [4.78, 5) is 30.7. The SMILES string of the molecule is O=C(C1CCCCC1)N1CCCCCCCCN(C(=O)C2CC2)c2ccccc2C1. The van der Waals surface area contributed by atoms with Gasteiger partial charge in [-0.25, -0.2) is 0 Å². The molecule has 1 aliphatic heterocycles. The number of rotatable bonds is 2. The van der Waals surface area contributed by atoms with Crippen LogP contribution in [0.3, 0.4) is 0 Å². The fourth-order valence-corrected chi connectivity index (χ4v) is 5.17. The molecule has 1 heterocycles. The summed E-state index contributed by atoms with van der Waals surface area (Å²) in [5, 5.41) is 0. The lowest BCUT2D eigenvalue weighted by Gasteiger charge is -2.31. The van der Waals surface area contributed by atoms with E-state index in [1.54, 1.807) is 0 Å². The van der Waals surface area contributed by atoms with E-state index in [4.69, 9.17) is 0 Å². The summed E-state index contributed by atoms with van der Waals surface area (Å²) in [5.41, 5.74) is 2.17. The van der Waals surface area contributed by atoms with Crippen LogP contribution in [0.5, 0.6) is 0 Å². The molecular formula is C26H38N2O2. The van der Waals surface area contributed by atoms with Gasteiger partial charge in [-0.3, -0.25) is 9.59 Å². The van der Waals surface area contributed by atoms with Gasteiger partial charge >= 0.3 is 0 Å². The Morgan fingerprint density at radius 3 is 2.00 bits per heavy atom. The van der Waals surface area contributed by atoms with E-state index in [0.29, 0.717) is 18.4 Å². The molecule has 4 nitrogen and oxygen atoms in total. The largest absolute Gasteiger partial charge is 0.338 e. The smallest absolute Gasteiger partial charge is 0.230 e. The van der Waals surface area contributed by atoms with E-state index in [-0.39, 0.29) is 11.8 Å². The second-order valence-corrected chi connectivity index (χ2v) is 9.61. The van der Waals surface area contributed by atoms with Crippen LogP contribution in [0.4, 0.5) is 5.69 Å². The van der Waals surface area contributed by atoms with Gasteiger partial charge in [0, 0.05) is 37.2 Å². The number of nitrogens with zero attached hydrogens (tertiary/aromatic N) is 2. The predicted molar refractivity (Wildman–Crippen MR) is 121 cm³/mol. The van der Waals surface area contributed by atoms with Crippen LogP contribution in [0.1, 0.15) is 89.0 Å². The lowest BCUT2D eigenvalue weighted by molar-refractivity contribution is -0.137. The van der Waals surface area contributed by atoms with E-state index in [2.05, 4.69) is 23.1 Å². The molecule has 1 aromatic carbocycles. The summed E-state index contributed by atoms with van der Waals surface area (Å²) in [6.45, 7) is 2.29. The van der Waals surface area contributed by atoms with Gasteiger partial charge in [0.2, 0.25) is 11.8 Å². The molecule has 0 N–H and O–H groups in total. The van der Waals surface area contributed by atoms with Gasteiger partial charge in [-0.05, 0) is 50.2 Å². The third-order valence-electron chi connectivity index (χ3n) is 7.16. The molecule has 2 aliphatic carbocycles. The van der Waals surface area contributed by atoms with Crippen LogP contribution in [0.25, 0.3) is 0 Å². The molecule has 4 rings (SSSR count). The van der Waals surface area contributed by atoms with Crippen LogP contribution in [-0.4, -0.2) is 29.8 Å². The van der Waals surface area contributed by atoms with E-state index < -0.39 is 0 Å². The highest BCUT2D eigenvalue weighted by Crippen LogP contribution is 2.35. The summed E-state index contributed by atoms with van der Waals surface area (Å²) < 4.78 is 0. The first kappa shape index (κ1) is 21.4. The summed E-state index contributed by atoms with van der Waals surface area (Å²) >= 11 is 0. The normalized spacial score (nSPS) is 22.4. The molecule has 0 aromatic heterocycles. The van der Waals surface area contributed by atoms with Crippen LogP contribution >= 0.6 is 0 Å². The van der Waals surface area contributed by atoms with Crippen molar-refractivity contribution in [2.24, 2.45) is 11.8 Å². The van der Waals surface area contributed by atoms with Crippen molar-refractivity contribution in [3.05, 3.63) is 29.8 Å². The van der Waals surface area contributed by atoms with E-state index >= 15 is 0 Å². The highest BCUT2D eigenvalue weighted by atomic mass is 16.2. The average molecular weight is 411 g/mol. The van der Waals surface area contributed by atoms with Gasteiger partial charge in [0.15, 0.2) is 0 Å². The molecule has 0 unspecified atom stereocenters. The number of carbonyl (C=O) groups excluding carboxylic acids is 2. The summed E-state index contributed by atoms with van der Waals surface area (Å²) in [6, 6.07) is 8.32. The Hall–Kier alpha value is -1.84. The number of hydrogen-bond donors (Lipinski definition) is 0. The van der Waals surface area contributed by atoms with E-state index in [0.717, 1.165) is 62.9 Å². The maximum Gasteiger partial charge on any atom is 0.230 e. The molecule has 0 radical (unpaired) electrons. The van der Waals surface area contributed by atoms with Crippen molar-refractivity contribution in [2.45, 2.75) is 90.0 Å². The molecule has 164 valence electrons. The molecule has 4 heteroatoms. The van der Waals surface area contributed by atoms with E-state index in [9.17, 15) is 9.59 Å². The molecule has 0 atom stereocenters. The van der Waals surface area contributed by atoms with Gasteiger partial charge in [0.05, 0.1) is 0 Å². The topological polar surface area (TPSA) is 40.6 Å². The number of carbonyl (C=O) groups is 2. The number of fused-ring (bicyclic) bond motifs is 1. The van der Waals surface area contributed by atoms with Crippen molar-refractivity contribution in [3.63, 3.8) is 0 Å². The Labute approximate surface area is 182 Å². The quantitative estimate of drug-likeness (QED) is 0.628. The zero-order valence-electron chi connectivity index (χ0n) is 18.5. The van der Waals surface area contributed by atoms with E-state index in [1.165, 1.54) is 44.9 Å². The summed E-state index contributed by atoms with van der Waals surface area (Å²) in [6.07, 6.45) is 14.8. The van der Waals surface area contributed by atoms with Crippen molar-refractivity contribution in [1.82, 2.24) is 4.90 Å². The minimum atomic E-state index is 0.200. The first-order valence-electron chi connectivity index (χ1n) is 12.4. The number of anilines is 1. The zero-order chi connectivity index (χ0) is 20.8. The Morgan fingerprint density at radius 1 is 0.667 bits per heavy atom. The Morgan fingerprint density at radius 2 is 1.27 bits per heavy atom. The fourth-order valence-electron chi connectivity index (χ4n) is 5.17. The van der Waals surface area contributed by atoms with Gasteiger partial charge in [0.25, 0.3) is 0 Å². The maximum atomic E-state index is 13.4. The zero-order valence-corrected chi connectivity index (χ0v) is 18.5. The van der Waals surface area contributed by atoms with E-state index in [1.807, 2.05) is 11.0 Å². The maximum absolute atomic E-state index is 13.4. The molecule has 30 heavy (non-hydrogen) atoms. The molecule has 2 saturated carbocycles. The summed E-state index contributed by atoms with van der Waals surface area (Å²) in [5.74, 6) is 1.06. The first-order chi connectivity index (χ1) is 14.7. The second kappa shape index (κ2) is 10.5. The van der Waals surface area contributed by atoms with Crippen LogP contribution in [-0.2, 0) is 16.1 Å². The number of amides is 2. The molecule has 2 fully saturated rings. The molecular weight excluding hydrogens is 372 g/mol. The van der Waals surface area contributed by atoms with Gasteiger partial charge in [-0.2, -0.15) is 0 Å². The van der Waals surface area contributed by atoms with Crippen LogP contribution in [0.2, 0.25) is 0 Å². The Bertz CT molecular complexity index is 721. The molecule has 2 amide bonds. The van der Waals surface area contributed by atoms with Gasteiger partial charge in [-0.1, -0.05) is 63.1 Å². The van der Waals surface area contributed by atoms with Crippen LogP contribution in [0.15, 0.2) is 24.3 Å². The van der Waals surface area contributed by atoms with Gasteiger partial charge < -0.3 is 9.80 Å². The third kappa shape index (κ3) is 5.44. The lowest BCUT2D eigenvalue weighted by Crippen LogP contribution is -2.38. The lowest BCUT2D eigenvalue weighted by atomic mass is 9.88. The molecule has 3 aliphatic rings. The summed E-state index contributed by atoms with van der Waals surface area (Å²) in [7, 11) is 0. The standard InChI is InChI=1S/C26H38N2O2/c29-25(21-12-6-5-7-13-21)27-18-10-3-1-2-4-11-19-28(26(30)22-16-17-22)24-15-9-8-14-23(24)20-27/h8-9,14-15,21-22H,1-7,10-13,16-20H2. The Kier molecular flexibility index (Phi) is 7.46. The fraction of sp³-hybridized carbons (Fsp3) is 0.692. The number of hydrogen-bond acceptors (Lipinski definition) is 2. The first-order valence-corrected chi connectivity index (χ1v) is 12.4. The molecule has 0 bridgehead atoms. The third-order valence-corrected chi connectivity index (χ3v) is 7.16. The predicted octanol–water partition coefficient (Wildman–Crippen LogP) is 5.69. The minimum Gasteiger partial charge on any atom is -0.338 e. The van der Waals surface area contributed by atoms with Crippen molar-refractivity contribution < 1.29 is 9.59 Å². The van der Waals surface area contributed by atoms with Crippen LogP contribution in [0, 0.1) is 11.8 Å². The van der Waals surface area contributed by atoms with Gasteiger partial charge in [-0.15, -0.1) is 0 Å². The van der Waals surface area contributed by atoms with Crippen molar-refractivity contribution in [1.29, 1.82) is 0 Å². The Balaban J connectivity index is 1.59. The van der Waals surface area contributed by atoms with Gasteiger partial charge in [0.1, 0.15) is 0 Å². The molecule has 0 spiro atoms. The molecule has 1 aromatic rings. The van der Waals surface area contributed by atoms with Crippen LogP contribution < -0.4 is 4.90 Å². The second-order valence-electron chi connectivity index (χ2n) is 9.61. The number of benzene rings is 1. The van der Waals surface area contributed by atoms with Crippen molar-refractivity contribution >= 4 is 17.5 Å². The van der Waals surface area contributed by atoms with Crippen molar-refractivity contribution in [3.8, 4) is 0 Å².